The van der Waals surface area contributed by atoms with E-state index in [-0.39, 0.29) is 18.4 Å². The molecule has 9 heteroatoms. The molecule has 1 atom stereocenters. The lowest BCUT2D eigenvalue weighted by atomic mass is 9.98. The molecule has 2 aromatic heterocycles. The van der Waals surface area contributed by atoms with E-state index in [0.29, 0.717) is 30.1 Å². The standard InChI is InChI=1S/C22H25N3O3S3/c1-15-5-10-21(30-15)31(27,28)25-11-3-4-19(13-25)22(26)23-12-17-6-8-18(9-7-17)20-14-29-16(2)24-20/h5-10,14,19H,3-4,11-13H2,1-2H3,(H,23,26). The third-order valence-electron chi connectivity index (χ3n) is 5.40. The summed E-state index contributed by atoms with van der Waals surface area (Å²) in [6.45, 7) is 4.98. The summed E-state index contributed by atoms with van der Waals surface area (Å²) in [5.41, 5.74) is 3.01. The second kappa shape index (κ2) is 9.20. The van der Waals surface area contributed by atoms with Crippen LogP contribution in [0.4, 0.5) is 0 Å². The molecule has 0 bridgehead atoms. The Morgan fingerprint density at radius 2 is 1.97 bits per heavy atom. The van der Waals surface area contributed by atoms with E-state index in [4.69, 9.17) is 0 Å². The Morgan fingerprint density at radius 1 is 1.19 bits per heavy atom. The molecule has 164 valence electrons. The van der Waals surface area contributed by atoms with Crippen LogP contribution in [-0.2, 0) is 21.4 Å². The van der Waals surface area contributed by atoms with E-state index in [0.717, 1.165) is 26.7 Å². The zero-order valence-electron chi connectivity index (χ0n) is 17.5. The maximum absolute atomic E-state index is 12.9. The van der Waals surface area contributed by atoms with E-state index in [9.17, 15) is 13.2 Å². The molecule has 0 aliphatic carbocycles. The van der Waals surface area contributed by atoms with Crippen LogP contribution in [0.15, 0.2) is 46.0 Å². The number of amides is 1. The van der Waals surface area contributed by atoms with Gasteiger partial charge in [-0.3, -0.25) is 4.79 Å². The van der Waals surface area contributed by atoms with Crippen molar-refractivity contribution in [1.29, 1.82) is 0 Å². The van der Waals surface area contributed by atoms with E-state index in [1.165, 1.54) is 15.6 Å². The third-order valence-corrected chi connectivity index (χ3v) is 9.51. The Morgan fingerprint density at radius 3 is 2.61 bits per heavy atom. The van der Waals surface area contributed by atoms with Crippen molar-refractivity contribution in [3.63, 3.8) is 0 Å². The second-order valence-corrected chi connectivity index (χ2v) is 12.2. The molecule has 1 aromatic carbocycles. The highest BCUT2D eigenvalue weighted by atomic mass is 32.2. The molecule has 1 unspecified atom stereocenters. The van der Waals surface area contributed by atoms with Crippen molar-refractivity contribution < 1.29 is 13.2 Å². The number of carbonyl (C=O) groups excluding carboxylic acids is 1. The van der Waals surface area contributed by atoms with Crippen LogP contribution in [0.2, 0.25) is 0 Å². The van der Waals surface area contributed by atoms with E-state index in [2.05, 4.69) is 10.3 Å². The van der Waals surface area contributed by atoms with E-state index >= 15 is 0 Å². The minimum absolute atomic E-state index is 0.0959. The van der Waals surface area contributed by atoms with Gasteiger partial charge in [-0.05, 0) is 44.4 Å². The summed E-state index contributed by atoms with van der Waals surface area (Å²) in [7, 11) is -3.54. The minimum Gasteiger partial charge on any atom is -0.352 e. The average molecular weight is 476 g/mol. The first-order chi connectivity index (χ1) is 14.8. The molecule has 3 heterocycles. The van der Waals surface area contributed by atoms with Crippen molar-refractivity contribution in [3.8, 4) is 11.3 Å². The van der Waals surface area contributed by atoms with Crippen LogP contribution >= 0.6 is 22.7 Å². The Kier molecular flexibility index (Phi) is 6.57. The van der Waals surface area contributed by atoms with Crippen molar-refractivity contribution in [2.75, 3.05) is 13.1 Å². The normalized spacial score (nSPS) is 17.5. The van der Waals surface area contributed by atoms with Gasteiger partial charge in [0.05, 0.1) is 16.6 Å². The molecule has 1 amide bonds. The van der Waals surface area contributed by atoms with Gasteiger partial charge < -0.3 is 5.32 Å². The summed E-state index contributed by atoms with van der Waals surface area (Å²) in [5.74, 6) is -0.427. The van der Waals surface area contributed by atoms with E-state index < -0.39 is 10.0 Å². The number of benzene rings is 1. The minimum atomic E-state index is -3.54. The van der Waals surface area contributed by atoms with Crippen molar-refractivity contribution >= 4 is 38.6 Å². The van der Waals surface area contributed by atoms with Crippen LogP contribution in [0, 0.1) is 19.8 Å². The fourth-order valence-electron chi connectivity index (χ4n) is 3.68. The van der Waals surface area contributed by atoms with Gasteiger partial charge in [-0.2, -0.15) is 4.31 Å². The molecule has 1 saturated heterocycles. The van der Waals surface area contributed by atoms with Crippen molar-refractivity contribution in [1.82, 2.24) is 14.6 Å². The first-order valence-electron chi connectivity index (χ1n) is 10.2. The smallest absolute Gasteiger partial charge is 0.252 e. The van der Waals surface area contributed by atoms with Crippen molar-refractivity contribution in [3.05, 3.63) is 57.2 Å². The molecule has 3 aromatic rings. The number of aryl methyl sites for hydroxylation is 2. The highest BCUT2D eigenvalue weighted by Gasteiger charge is 2.33. The number of nitrogens with one attached hydrogen (secondary N) is 1. The molecule has 4 rings (SSSR count). The lowest BCUT2D eigenvalue weighted by Gasteiger charge is -2.30. The molecule has 6 nitrogen and oxygen atoms in total. The molecule has 1 aliphatic rings. The maximum atomic E-state index is 12.9. The molecule has 1 N–H and O–H groups in total. The van der Waals surface area contributed by atoms with Gasteiger partial charge in [-0.15, -0.1) is 22.7 Å². The fourth-order valence-corrected chi connectivity index (χ4v) is 7.26. The Hall–Kier alpha value is -2.07. The van der Waals surface area contributed by atoms with E-state index in [1.807, 2.05) is 49.6 Å². The summed E-state index contributed by atoms with van der Waals surface area (Å²) < 4.78 is 27.6. The molecule has 1 aliphatic heterocycles. The fraction of sp³-hybridized carbons (Fsp3) is 0.364. The molecule has 0 spiro atoms. The van der Waals surface area contributed by atoms with Gasteiger partial charge in [0, 0.05) is 35.5 Å². The average Bonchev–Trinajstić information content (AvgIpc) is 3.41. The number of piperidine rings is 1. The van der Waals surface area contributed by atoms with Gasteiger partial charge in [-0.25, -0.2) is 13.4 Å². The maximum Gasteiger partial charge on any atom is 0.252 e. The summed E-state index contributed by atoms with van der Waals surface area (Å²) in [6.07, 6.45) is 1.38. The monoisotopic (exact) mass is 475 g/mol. The molecule has 0 saturated carbocycles. The van der Waals surface area contributed by atoms with Crippen molar-refractivity contribution in [2.24, 2.45) is 5.92 Å². The number of carbonyl (C=O) groups is 1. The second-order valence-electron chi connectivity index (χ2n) is 7.73. The first-order valence-corrected chi connectivity index (χ1v) is 13.3. The zero-order chi connectivity index (χ0) is 22.0. The third kappa shape index (κ3) is 5.06. The Balaban J connectivity index is 1.35. The van der Waals surface area contributed by atoms with Gasteiger partial charge in [0.1, 0.15) is 4.21 Å². The Labute approximate surface area is 191 Å². The van der Waals surface area contributed by atoms with Gasteiger partial charge >= 0.3 is 0 Å². The van der Waals surface area contributed by atoms with Crippen molar-refractivity contribution in [2.45, 2.75) is 37.4 Å². The van der Waals surface area contributed by atoms with Crippen LogP contribution in [0.1, 0.15) is 28.3 Å². The van der Waals surface area contributed by atoms with Gasteiger partial charge in [0.2, 0.25) is 5.91 Å². The summed E-state index contributed by atoms with van der Waals surface area (Å²) in [6, 6.07) is 11.5. The van der Waals surface area contributed by atoms with Gasteiger partial charge in [-0.1, -0.05) is 24.3 Å². The number of thiazole rings is 1. The summed E-state index contributed by atoms with van der Waals surface area (Å²) in [5, 5.41) is 6.04. The first kappa shape index (κ1) is 22.1. The largest absolute Gasteiger partial charge is 0.352 e. The van der Waals surface area contributed by atoms with Crippen LogP contribution in [0.5, 0.6) is 0 Å². The number of rotatable bonds is 6. The number of nitrogens with zero attached hydrogens (tertiary/aromatic N) is 2. The van der Waals surface area contributed by atoms with Crippen LogP contribution in [-0.4, -0.2) is 36.7 Å². The number of sulfonamides is 1. The van der Waals surface area contributed by atoms with Crippen LogP contribution in [0.3, 0.4) is 0 Å². The van der Waals surface area contributed by atoms with E-state index in [1.54, 1.807) is 17.4 Å². The number of hydrogen-bond donors (Lipinski definition) is 1. The SMILES string of the molecule is Cc1ccc(S(=O)(=O)N2CCCC(C(=O)NCc3ccc(-c4csc(C)n4)cc3)C2)s1. The highest BCUT2D eigenvalue weighted by Crippen LogP contribution is 2.28. The molecule has 31 heavy (non-hydrogen) atoms. The number of thiophene rings is 1. The lowest BCUT2D eigenvalue weighted by molar-refractivity contribution is -0.126. The summed E-state index contributed by atoms with van der Waals surface area (Å²) >= 11 is 2.89. The van der Waals surface area contributed by atoms with Gasteiger partial charge in [0.15, 0.2) is 0 Å². The van der Waals surface area contributed by atoms with Crippen LogP contribution in [0.25, 0.3) is 11.3 Å². The molecular weight excluding hydrogens is 450 g/mol. The number of aromatic nitrogens is 1. The lowest BCUT2D eigenvalue weighted by Crippen LogP contribution is -2.45. The predicted molar refractivity (Wildman–Crippen MR) is 125 cm³/mol. The van der Waals surface area contributed by atoms with Gasteiger partial charge in [0.25, 0.3) is 10.0 Å². The number of hydrogen-bond acceptors (Lipinski definition) is 6. The Bertz CT molecular complexity index is 1170. The summed E-state index contributed by atoms with van der Waals surface area (Å²) in [4.78, 5) is 18.2. The molecular formula is C22H25N3O3S3. The van der Waals surface area contributed by atoms with Crippen LogP contribution < -0.4 is 5.32 Å². The topological polar surface area (TPSA) is 79.4 Å². The predicted octanol–water partition coefficient (Wildman–Crippen LogP) is 4.21. The quantitative estimate of drug-likeness (QED) is 0.579. The molecule has 0 radical (unpaired) electrons. The highest BCUT2D eigenvalue weighted by molar-refractivity contribution is 7.91. The zero-order valence-corrected chi connectivity index (χ0v) is 19.9. The molecule has 1 fully saturated rings.